The van der Waals surface area contributed by atoms with E-state index in [2.05, 4.69) is 0 Å². The van der Waals surface area contributed by atoms with Gasteiger partial charge in [-0.15, -0.1) is 0 Å². The van der Waals surface area contributed by atoms with E-state index in [0.717, 1.165) is 0 Å². The lowest BCUT2D eigenvalue weighted by atomic mass is 10.6. The Balaban J connectivity index is 0. The van der Waals surface area contributed by atoms with Crippen LogP contribution in [0, 0.1) is 0 Å². The van der Waals surface area contributed by atoms with Gasteiger partial charge in [0, 0.05) is 0 Å². The molecule has 0 aliphatic heterocycles. The Labute approximate surface area is 41.3 Å². The summed E-state index contributed by atoms with van der Waals surface area (Å²) in [5.41, 5.74) is 0. The van der Waals surface area contributed by atoms with Gasteiger partial charge in [-0.05, 0) is 0 Å². The Kier molecular flexibility index (Phi) is 26.7. The molecule has 0 radical (unpaired) electrons. The van der Waals surface area contributed by atoms with Crippen LogP contribution in [-0.2, 0) is 14.4 Å². The summed E-state index contributed by atoms with van der Waals surface area (Å²) in [6.45, 7) is 2.00. The average molecular weight is 102 g/mol. The molecule has 0 unspecified atom stereocenters. The van der Waals surface area contributed by atoms with Crippen molar-refractivity contribution in [3.05, 3.63) is 0 Å². The van der Waals surface area contributed by atoms with Crippen LogP contribution in [-0.4, -0.2) is 19.4 Å². The highest BCUT2D eigenvalue weighted by Crippen LogP contribution is 1.50. The molecule has 0 rings (SSSR count). The van der Waals surface area contributed by atoms with Crippen molar-refractivity contribution in [1.82, 2.24) is 0 Å². The van der Waals surface area contributed by atoms with E-state index in [1.165, 1.54) is 0 Å². The van der Waals surface area contributed by atoms with E-state index < -0.39 is 0 Å². The molecule has 0 bridgehead atoms. The second kappa shape index (κ2) is 19.9. The zero-order valence-electron chi connectivity index (χ0n) is 3.79. The minimum absolute atomic E-state index is 0.0278. The van der Waals surface area contributed by atoms with Crippen molar-refractivity contribution in [1.29, 1.82) is 0 Å². The van der Waals surface area contributed by atoms with E-state index in [9.17, 15) is 9.59 Å². The third-order valence-electron chi connectivity index (χ3n) is 0.192. The van der Waals surface area contributed by atoms with Gasteiger partial charge in [0.2, 0.25) is 0 Å². The average Bonchev–Trinajstić information content (AvgIpc) is 1.75. The fourth-order valence-corrected chi connectivity index (χ4v) is 0.0393. The lowest BCUT2D eigenvalue weighted by Crippen LogP contribution is -1.69. The predicted octanol–water partition coefficient (Wildman–Crippen LogP) is -0.411. The van der Waals surface area contributed by atoms with E-state index in [0.29, 0.717) is 12.6 Å². The zero-order valence-corrected chi connectivity index (χ0v) is 3.79. The minimum Gasteiger partial charge on any atom is -0.307 e. The van der Waals surface area contributed by atoms with Gasteiger partial charge in [-0.25, -0.2) is 0 Å². The molecule has 0 amide bonds. The van der Waals surface area contributed by atoms with E-state index >= 15 is 0 Å². The first-order valence-corrected chi connectivity index (χ1v) is 1.58. The molecular weight excluding hydrogens is 96.0 g/mol. The first-order valence-electron chi connectivity index (χ1n) is 1.58. The highest BCUT2D eigenvalue weighted by atomic mass is 16.1. The molecule has 0 aromatic rings. The first kappa shape index (κ1) is 9.38. The maximum absolute atomic E-state index is 9.17. The fourth-order valence-electron chi connectivity index (χ4n) is 0.0393. The van der Waals surface area contributed by atoms with Crippen molar-refractivity contribution in [2.75, 3.05) is 0 Å². The highest BCUT2D eigenvalue weighted by molar-refractivity contribution is 5.72. The summed E-state index contributed by atoms with van der Waals surface area (Å²) >= 11 is 0. The van der Waals surface area contributed by atoms with Gasteiger partial charge in [0.15, 0.2) is 0 Å². The van der Waals surface area contributed by atoms with Crippen molar-refractivity contribution in [2.24, 2.45) is 0 Å². The molecule has 0 aromatic carbocycles. The van der Waals surface area contributed by atoms with Crippen LogP contribution in [0.3, 0.4) is 0 Å². The molecular formula is C4H6O3. The monoisotopic (exact) mass is 102 g/mol. The smallest absolute Gasteiger partial charge is 0.127 e. The van der Waals surface area contributed by atoms with Crippen molar-refractivity contribution < 1.29 is 14.4 Å². The lowest BCUT2D eigenvalue weighted by molar-refractivity contribution is -0.114. The number of carbonyl (C=O) groups is 3. The zero-order chi connectivity index (χ0) is 6.12. The molecule has 7 heavy (non-hydrogen) atoms. The van der Waals surface area contributed by atoms with Gasteiger partial charge in [0.25, 0.3) is 0 Å². The highest BCUT2D eigenvalue weighted by Gasteiger charge is 1.65. The van der Waals surface area contributed by atoms with Crippen LogP contribution in [0.15, 0.2) is 0 Å². The van der Waals surface area contributed by atoms with Crippen molar-refractivity contribution in [3.63, 3.8) is 0 Å². The fraction of sp³-hybridized carbons (Fsp3) is 0.250. The van der Waals surface area contributed by atoms with Crippen molar-refractivity contribution in [2.45, 2.75) is 6.42 Å². The summed E-state index contributed by atoms with van der Waals surface area (Å²) in [6, 6.07) is 0. The molecule has 0 saturated heterocycles. The van der Waals surface area contributed by atoms with Crippen LogP contribution >= 0.6 is 0 Å². The summed E-state index contributed by atoms with van der Waals surface area (Å²) in [5.74, 6) is 0. The Morgan fingerprint density at radius 1 is 1.14 bits per heavy atom. The second-order valence-corrected chi connectivity index (χ2v) is 0.569. The summed E-state index contributed by atoms with van der Waals surface area (Å²) in [6.07, 6.45) is 1.15. The van der Waals surface area contributed by atoms with Gasteiger partial charge < -0.3 is 14.4 Å². The van der Waals surface area contributed by atoms with E-state index in [-0.39, 0.29) is 6.42 Å². The molecule has 3 heteroatoms. The van der Waals surface area contributed by atoms with Gasteiger partial charge in [-0.1, -0.05) is 0 Å². The molecule has 0 N–H and O–H groups in total. The standard InChI is InChI=1S/C3H4O2.CH2O/c4-2-1-3-5;1-2/h2-3H,1H2;1H2. The number of aldehydes is 2. The van der Waals surface area contributed by atoms with E-state index in [4.69, 9.17) is 4.79 Å². The Morgan fingerprint density at radius 3 is 1.43 bits per heavy atom. The molecule has 0 aliphatic rings. The van der Waals surface area contributed by atoms with Crippen LogP contribution in [0.5, 0.6) is 0 Å². The SMILES string of the molecule is C=O.O=CCC=O. The summed E-state index contributed by atoms with van der Waals surface area (Å²) < 4.78 is 0. The minimum atomic E-state index is 0.0278. The van der Waals surface area contributed by atoms with Crippen LogP contribution in [0.25, 0.3) is 0 Å². The second-order valence-electron chi connectivity index (χ2n) is 0.569. The van der Waals surface area contributed by atoms with Gasteiger partial charge in [0.1, 0.15) is 19.4 Å². The molecule has 0 spiro atoms. The maximum atomic E-state index is 9.17. The van der Waals surface area contributed by atoms with E-state index in [1.807, 2.05) is 6.79 Å². The molecule has 0 aromatic heterocycles. The molecule has 0 saturated carbocycles. The lowest BCUT2D eigenvalue weighted by Gasteiger charge is -1.53. The Hall–Kier alpha value is -0.990. The van der Waals surface area contributed by atoms with Crippen molar-refractivity contribution >= 4 is 19.4 Å². The summed E-state index contributed by atoms with van der Waals surface area (Å²) in [4.78, 5) is 26.3. The van der Waals surface area contributed by atoms with E-state index in [1.54, 1.807) is 0 Å². The quantitative estimate of drug-likeness (QED) is 0.351. The van der Waals surface area contributed by atoms with Crippen LogP contribution in [0.2, 0.25) is 0 Å². The Bertz CT molecular complexity index is 44.9. The Morgan fingerprint density at radius 2 is 1.43 bits per heavy atom. The van der Waals surface area contributed by atoms with Gasteiger partial charge in [-0.3, -0.25) is 0 Å². The summed E-state index contributed by atoms with van der Waals surface area (Å²) in [7, 11) is 0. The molecule has 0 heterocycles. The molecule has 0 atom stereocenters. The number of carbonyl (C=O) groups excluding carboxylic acids is 3. The number of rotatable bonds is 2. The molecule has 0 fully saturated rings. The number of hydrogen-bond donors (Lipinski definition) is 0. The van der Waals surface area contributed by atoms with Crippen molar-refractivity contribution in [3.8, 4) is 0 Å². The van der Waals surface area contributed by atoms with Crippen LogP contribution in [0.4, 0.5) is 0 Å². The van der Waals surface area contributed by atoms with Gasteiger partial charge in [-0.2, -0.15) is 0 Å². The maximum Gasteiger partial charge on any atom is 0.127 e. The molecule has 40 valence electrons. The topological polar surface area (TPSA) is 51.2 Å². The van der Waals surface area contributed by atoms with Gasteiger partial charge >= 0.3 is 0 Å². The predicted molar refractivity (Wildman–Crippen MR) is 23.9 cm³/mol. The van der Waals surface area contributed by atoms with Crippen LogP contribution in [0.1, 0.15) is 6.42 Å². The largest absolute Gasteiger partial charge is 0.307 e. The summed E-state index contributed by atoms with van der Waals surface area (Å²) in [5, 5.41) is 0. The van der Waals surface area contributed by atoms with Crippen LogP contribution < -0.4 is 0 Å². The molecule has 3 nitrogen and oxygen atoms in total. The first-order chi connectivity index (χ1) is 3.41. The van der Waals surface area contributed by atoms with Gasteiger partial charge in [0.05, 0.1) is 6.42 Å². The number of hydrogen-bond acceptors (Lipinski definition) is 3. The third kappa shape index (κ3) is 44.5. The molecule has 0 aliphatic carbocycles. The normalized spacial score (nSPS) is 5.14. The third-order valence-corrected chi connectivity index (χ3v) is 0.192.